The van der Waals surface area contributed by atoms with Gasteiger partial charge in [-0.2, -0.15) is 0 Å². The van der Waals surface area contributed by atoms with Crippen LogP contribution in [0.4, 0.5) is 0 Å². The van der Waals surface area contributed by atoms with Crippen LogP contribution in [-0.2, 0) is 24.0 Å². The number of carboxylic acid groups (broad SMARTS) is 1. The van der Waals surface area contributed by atoms with Crippen molar-refractivity contribution in [1.82, 2.24) is 0 Å². The quantitative estimate of drug-likeness (QED) is 0.770. The SMILES string of the molecule is C1COCO1.O=C(O)C1(C2CCCCCCC2)CCCCCOO1. The van der Waals surface area contributed by atoms with E-state index in [-0.39, 0.29) is 5.92 Å². The molecule has 1 saturated carbocycles. The third-order valence-corrected chi connectivity index (χ3v) is 5.15. The van der Waals surface area contributed by atoms with Gasteiger partial charge in [-0.05, 0) is 32.1 Å². The van der Waals surface area contributed by atoms with Gasteiger partial charge in [0.25, 0.3) is 0 Å². The monoisotopic (exact) mass is 344 g/mol. The third kappa shape index (κ3) is 5.99. The Morgan fingerprint density at radius 1 is 0.833 bits per heavy atom. The van der Waals surface area contributed by atoms with Gasteiger partial charge in [-0.25, -0.2) is 14.6 Å². The molecule has 3 rings (SSSR count). The molecule has 2 aliphatic heterocycles. The molecule has 0 amide bonds. The van der Waals surface area contributed by atoms with Crippen molar-refractivity contribution in [3.63, 3.8) is 0 Å². The van der Waals surface area contributed by atoms with Crippen molar-refractivity contribution in [3.8, 4) is 0 Å². The Bertz CT molecular complexity index is 332. The summed E-state index contributed by atoms with van der Waals surface area (Å²) in [6.45, 7) is 2.57. The standard InChI is InChI=1S/C15H26O4.C3H6O2/c16-14(17)15(11-7-4-8-12-18-19-15)13-9-5-2-1-3-6-10-13;1-2-5-3-4-1/h13H,1-12H2,(H,16,17);1-3H2. The summed E-state index contributed by atoms with van der Waals surface area (Å²) in [5.41, 5.74) is -1.10. The second-order valence-electron chi connectivity index (χ2n) is 6.89. The minimum atomic E-state index is -1.10. The first-order valence-corrected chi connectivity index (χ1v) is 9.45. The van der Waals surface area contributed by atoms with Crippen LogP contribution in [0.2, 0.25) is 0 Å². The van der Waals surface area contributed by atoms with Crippen LogP contribution in [0.25, 0.3) is 0 Å². The van der Waals surface area contributed by atoms with E-state index < -0.39 is 11.6 Å². The van der Waals surface area contributed by atoms with Gasteiger partial charge in [-0.3, -0.25) is 0 Å². The van der Waals surface area contributed by atoms with Gasteiger partial charge in [-0.15, -0.1) is 0 Å². The Kier molecular flexibility index (Phi) is 9.02. The topological polar surface area (TPSA) is 74.2 Å². The highest BCUT2D eigenvalue weighted by Gasteiger charge is 2.48. The molecule has 1 N–H and O–H groups in total. The molecule has 6 heteroatoms. The summed E-state index contributed by atoms with van der Waals surface area (Å²) < 4.78 is 9.44. The highest BCUT2D eigenvalue weighted by molar-refractivity contribution is 5.77. The molecule has 0 aromatic rings. The molecule has 1 atom stereocenters. The molecule has 2 heterocycles. The van der Waals surface area contributed by atoms with Crippen molar-refractivity contribution in [2.75, 3.05) is 26.6 Å². The first-order chi connectivity index (χ1) is 11.8. The van der Waals surface area contributed by atoms with Gasteiger partial charge in [-0.1, -0.05) is 38.5 Å². The van der Waals surface area contributed by atoms with Gasteiger partial charge >= 0.3 is 5.97 Å². The summed E-state index contributed by atoms with van der Waals surface area (Å²) in [6.07, 6.45) is 11.4. The zero-order valence-corrected chi connectivity index (χ0v) is 14.7. The van der Waals surface area contributed by atoms with Crippen molar-refractivity contribution in [1.29, 1.82) is 0 Å². The molecular weight excluding hydrogens is 312 g/mol. The highest BCUT2D eigenvalue weighted by Crippen LogP contribution is 2.38. The number of hydrogen-bond acceptors (Lipinski definition) is 5. The predicted octanol–water partition coefficient (Wildman–Crippen LogP) is 3.68. The zero-order valence-electron chi connectivity index (χ0n) is 14.7. The second-order valence-corrected chi connectivity index (χ2v) is 6.89. The maximum Gasteiger partial charge on any atom is 0.339 e. The van der Waals surface area contributed by atoms with Crippen LogP contribution in [0.3, 0.4) is 0 Å². The van der Waals surface area contributed by atoms with Crippen molar-refractivity contribution in [3.05, 3.63) is 0 Å². The van der Waals surface area contributed by atoms with Gasteiger partial charge < -0.3 is 14.6 Å². The number of hydrogen-bond donors (Lipinski definition) is 1. The normalized spacial score (nSPS) is 30.2. The van der Waals surface area contributed by atoms with Gasteiger partial charge in [0.15, 0.2) is 0 Å². The minimum absolute atomic E-state index is 0.100. The molecule has 3 fully saturated rings. The van der Waals surface area contributed by atoms with Crippen molar-refractivity contribution in [2.24, 2.45) is 5.92 Å². The molecule has 1 unspecified atom stereocenters. The minimum Gasteiger partial charge on any atom is -0.479 e. The molecule has 140 valence electrons. The van der Waals surface area contributed by atoms with Gasteiger partial charge in [0.2, 0.25) is 5.60 Å². The zero-order chi connectivity index (χ0) is 17.1. The van der Waals surface area contributed by atoms with E-state index in [4.69, 9.17) is 19.2 Å². The summed E-state index contributed by atoms with van der Waals surface area (Å²) in [4.78, 5) is 22.5. The molecule has 6 nitrogen and oxygen atoms in total. The Morgan fingerprint density at radius 3 is 2.04 bits per heavy atom. The lowest BCUT2D eigenvalue weighted by Crippen LogP contribution is -2.49. The van der Waals surface area contributed by atoms with E-state index in [1.54, 1.807) is 0 Å². The first-order valence-electron chi connectivity index (χ1n) is 9.45. The Labute approximate surface area is 144 Å². The number of carbonyl (C=O) groups is 1. The summed E-state index contributed by atoms with van der Waals surface area (Å²) in [5.74, 6) is -0.733. The lowest BCUT2D eigenvalue weighted by atomic mass is 9.75. The molecule has 0 bridgehead atoms. The van der Waals surface area contributed by atoms with Gasteiger partial charge in [0, 0.05) is 5.92 Å². The lowest BCUT2D eigenvalue weighted by molar-refractivity contribution is -0.371. The van der Waals surface area contributed by atoms with Gasteiger partial charge in [0.1, 0.15) is 6.79 Å². The van der Waals surface area contributed by atoms with Crippen LogP contribution in [0.1, 0.15) is 70.6 Å². The van der Waals surface area contributed by atoms with Crippen LogP contribution in [0.5, 0.6) is 0 Å². The average Bonchev–Trinajstić information content (AvgIpc) is 3.07. The molecule has 0 spiro atoms. The fourth-order valence-corrected chi connectivity index (χ4v) is 3.72. The molecule has 0 aromatic carbocycles. The number of ether oxygens (including phenoxy) is 2. The summed E-state index contributed by atoms with van der Waals surface area (Å²) >= 11 is 0. The fraction of sp³-hybridized carbons (Fsp3) is 0.944. The fourth-order valence-electron chi connectivity index (χ4n) is 3.72. The number of rotatable bonds is 2. The van der Waals surface area contributed by atoms with E-state index in [0.717, 1.165) is 58.2 Å². The summed E-state index contributed by atoms with van der Waals surface area (Å²) in [5, 5.41) is 9.71. The van der Waals surface area contributed by atoms with Crippen LogP contribution in [0.15, 0.2) is 0 Å². The molecule has 1 aliphatic carbocycles. The molecule has 24 heavy (non-hydrogen) atoms. The molecule has 3 aliphatic rings. The summed E-state index contributed by atoms with van der Waals surface area (Å²) in [7, 11) is 0. The van der Waals surface area contributed by atoms with Gasteiger partial charge in [0.05, 0.1) is 19.8 Å². The van der Waals surface area contributed by atoms with E-state index in [9.17, 15) is 9.90 Å². The Morgan fingerprint density at radius 2 is 1.46 bits per heavy atom. The second kappa shape index (κ2) is 11.0. The van der Waals surface area contributed by atoms with E-state index in [1.807, 2.05) is 0 Å². The molecule has 0 aromatic heterocycles. The average molecular weight is 344 g/mol. The molecule has 0 radical (unpaired) electrons. The number of carboxylic acids is 1. The van der Waals surface area contributed by atoms with Crippen LogP contribution in [-0.4, -0.2) is 43.3 Å². The van der Waals surface area contributed by atoms with E-state index >= 15 is 0 Å². The van der Waals surface area contributed by atoms with Crippen LogP contribution < -0.4 is 0 Å². The summed E-state index contributed by atoms with van der Waals surface area (Å²) in [6, 6.07) is 0. The number of aliphatic carboxylic acids is 1. The third-order valence-electron chi connectivity index (χ3n) is 5.15. The maximum atomic E-state index is 11.8. The van der Waals surface area contributed by atoms with Crippen molar-refractivity contribution >= 4 is 5.97 Å². The lowest BCUT2D eigenvalue weighted by Gasteiger charge is -2.37. The largest absolute Gasteiger partial charge is 0.479 e. The van der Waals surface area contributed by atoms with Crippen molar-refractivity contribution < 1.29 is 29.1 Å². The molecular formula is C18H32O6. The van der Waals surface area contributed by atoms with E-state index in [0.29, 0.717) is 19.8 Å². The van der Waals surface area contributed by atoms with E-state index in [2.05, 4.69) is 0 Å². The van der Waals surface area contributed by atoms with Crippen LogP contribution >= 0.6 is 0 Å². The predicted molar refractivity (Wildman–Crippen MR) is 88.5 cm³/mol. The first kappa shape index (κ1) is 19.6. The maximum absolute atomic E-state index is 11.8. The smallest absolute Gasteiger partial charge is 0.339 e. The molecule has 2 saturated heterocycles. The van der Waals surface area contributed by atoms with E-state index in [1.165, 1.54) is 19.3 Å². The van der Waals surface area contributed by atoms with Crippen LogP contribution in [0, 0.1) is 5.92 Å². The van der Waals surface area contributed by atoms with Crippen molar-refractivity contribution in [2.45, 2.75) is 76.2 Å². The Balaban J connectivity index is 0.000000355. The highest BCUT2D eigenvalue weighted by atomic mass is 17.2. The Hall–Kier alpha value is -0.690.